The van der Waals surface area contributed by atoms with E-state index in [9.17, 15) is 4.79 Å². The molecule has 0 N–H and O–H groups in total. The number of fused-ring (bicyclic) bond motifs is 1. The van der Waals surface area contributed by atoms with Gasteiger partial charge in [-0.25, -0.2) is 0 Å². The monoisotopic (exact) mass is 308 g/mol. The number of methoxy groups -OCH3 is 1. The van der Waals surface area contributed by atoms with E-state index in [1.807, 2.05) is 62.4 Å². The molecule has 0 radical (unpaired) electrons. The fourth-order valence-electron chi connectivity index (χ4n) is 2.83. The summed E-state index contributed by atoms with van der Waals surface area (Å²) in [6, 6.07) is 13.5. The molecule has 0 atom stereocenters. The first-order chi connectivity index (χ1) is 11.1. The van der Waals surface area contributed by atoms with Gasteiger partial charge < -0.3 is 9.47 Å². The summed E-state index contributed by atoms with van der Waals surface area (Å²) in [6.07, 6.45) is 2.61. The molecule has 23 heavy (non-hydrogen) atoms. The lowest BCUT2D eigenvalue weighted by atomic mass is 10.1. The Labute approximate surface area is 136 Å². The van der Waals surface area contributed by atoms with Crippen LogP contribution in [0.2, 0.25) is 0 Å². The number of rotatable bonds is 4. The third-order valence-electron chi connectivity index (χ3n) is 3.85. The molecule has 2 aromatic carbocycles. The van der Waals surface area contributed by atoms with Gasteiger partial charge in [-0.15, -0.1) is 0 Å². The highest BCUT2D eigenvalue weighted by Gasteiger charge is 2.24. The molecule has 1 aliphatic carbocycles. The summed E-state index contributed by atoms with van der Waals surface area (Å²) >= 11 is 0. The van der Waals surface area contributed by atoms with E-state index < -0.39 is 0 Å². The maximum atomic E-state index is 12.5. The number of carbonyl (C=O) groups excluding carboxylic acids is 1. The Morgan fingerprint density at radius 3 is 2.57 bits per heavy atom. The first-order valence-corrected chi connectivity index (χ1v) is 7.77. The van der Waals surface area contributed by atoms with Crippen molar-refractivity contribution in [3.05, 3.63) is 64.7 Å². The van der Waals surface area contributed by atoms with Gasteiger partial charge in [0.05, 0.1) is 13.2 Å². The highest BCUT2D eigenvalue weighted by Crippen LogP contribution is 2.35. The van der Waals surface area contributed by atoms with E-state index >= 15 is 0 Å². The molecule has 3 heteroatoms. The predicted octanol–water partition coefficient (Wildman–Crippen LogP) is 4.30. The summed E-state index contributed by atoms with van der Waals surface area (Å²) in [5, 5.41) is 0. The summed E-state index contributed by atoms with van der Waals surface area (Å²) < 4.78 is 11.3. The summed E-state index contributed by atoms with van der Waals surface area (Å²) in [7, 11) is 1.62. The number of allylic oxidation sites excluding steroid dienone is 1. The molecule has 0 fully saturated rings. The van der Waals surface area contributed by atoms with Crippen molar-refractivity contribution in [3.8, 4) is 11.5 Å². The Kier molecular flexibility index (Phi) is 4.20. The quantitative estimate of drug-likeness (QED) is 0.790. The van der Waals surface area contributed by atoms with Crippen LogP contribution in [0.15, 0.2) is 48.0 Å². The highest BCUT2D eigenvalue weighted by atomic mass is 16.5. The molecular formula is C20H20O3. The van der Waals surface area contributed by atoms with Crippen LogP contribution >= 0.6 is 0 Å². The van der Waals surface area contributed by atoms with Gasteiger partial charge in [0.1, 0.15) is 0 Å². The van der Waals surface area contributed by atoms with E-state index in [1.165, 1.54) is 0 Å². The van der Waals surface area contributed by atoms with E-state index in [2.05, 4.69) is 0 Å². The third-order valence-corrected chi connectivity index (χ3v) is 3.85. The summed E-state index contributed by atoms with van der Waals surface area (Å²) in [5.41, 5.74) is 3.54. The van der Waals surface area contributed by atoms with E-state index in [1.54, 1.807) is 7.11 Å². The fourth-order valence-corrected chi connectivity index (χ4v) is 2.83. The second-order valence-corrected chi connectivity index (χ2v) is 5.88. The van der Waals surface area contributed by atoms with E-state index in [-0.39, 0.29) is 11.9 Å². The molecule has 0 amide bonds. The number of hydrogen-bond acceptors (Lipinski definition) is 3. The van der Waals surface area contributed by atoms with Gasteiger partial charge in [-0.1, -0.05) is 36.4 Å². The van der Waals surface area contributed by atoms with Gasteiger partial charge in [-0.05, 0) is 31.6 Å². The number of carbonyl (C=O) groups is 1. The molecule has 0 saturated carbocycles. The van der Waals surface area contributed by atoms with Crippen LogP contribution in [0.4, 0.5) is 0 Å². The number of hydrogen-bond donors (Lipinski definition) is 0. The smallest absolute Gasteiger partial charge is 0.189 e. The molecule has 2 aromatic rings. The van der Waals surface area contributed by atoms with Gasteiger partial charge in [0.25, 0.3) is 0 Å². The van der Waals surface area contributed by atoms with E-state index in [0.717, 1.165) is 22.3 Å². The summed E-state index contributed by atoms with van der Waals surface area (Å²) in [4.78, 5) is 12.5. The standard InChI is InChI=1S/C20H20O3/c1-13(2)23-20-15(8-6-10-18(20)22-3)12-16-11-14-7-4-5-9-17(14)19(16)21/h4-10,12-13H,11H2,1-3H3/b16-12+. The molecule has 0 spiro atoms. The molecular weight excluding hydrogens is 288 g/mol. The van der Waals surface area contributed by atoms with Crippen LogP contribution in [0.1, 0.15) is 35.3 Å². The molecule has 0 bridgehead atoms. The second kappa shape index (κ2) is 6.29. The van der Waals surface area contributed by atoms with Crippen LogP contribution < -0.4 is 9.47 Å². The Morgan fingerprint density at radius 2 is 1.87 bits per heavy atom. The van der Waals surface area contributed by atoms with Gasteiger partial charge in [0, 0.05) is 23.1 Å². The van der Waals surface area contributed by atoms with Crippen molar-refractivity contribution in [3.63, 3.8) is 0 Å². The average Bonchev–Trinajstić information content (AvgIpc) is 2.85. The first kappa shape index (κ1) is 15.3. The number of para-hydroxylation sites is 1. The van der Waals surface area contributed by atoms with Crippen LogP contribution in [0, 0.1) is 0 Å². The number of Topliss-reactive ketones (excluding diaryl/α,β-unsaturated/α-hetero) is 1. The zero-order chi connectivity index (χ0) is 16.4. The first-order valence-electron chi connectivity index (χ1n) is 7.77. The molecule has 0 unspecified atom stereocenters. The summed E-state index contributed by atoms with van der Waals surface area (Å²) in [6.45, 7) is 3.94. The van der Waals surface area contributed by atoms with Gasteiger partial charge in [-0.3, -0.25) is 4.79 Å². The minimum absolute atomic E-state index is 0.0277. The van der Waals surface area contributed by atoms with E-state index in [4.69, 9.17) is 9.47 Å². The van der Waals surface area contributed by atoms with Crippen LogP contribution in [0.3, 0.4) is 0 Å². The van der Waals surface area contributed by atoms with Crippen molar-refractivity contribution in [2.45, 2.75) is 26.4 Å². The molecule has 1 aliphatic rings. The molecule has 3 nitrogen and oxygen atoms in total. The fraction of sp³-hybridized carbons (Fsp3) is 0.250. The molecule has 3 rings (SSSR count). The average molecular weight is 308 g/mol. The number of ether oxygens (including phenoxy) is 2. The SMILES string of the molecule is COc1cccc(/C=C2\Cc3ccccc3C2=O)c1OC(C)C. The largest absolute Gasteiger partial charge is 0.493 e. The van der Waals surface area contributed by atoms with Crippen LogP contribution in [0.25, 0.3) is 6.08 Å². The van der Waals surface area contributed by atoms with Crippen LogP contribution in [-0.2, 0) is 6.42 Å². The van der Waals surface area contributed by atoms with Crippen molar-refractivity contribution in [2.24, 2.45) is 0 Å². The number of benzene rings is 2. The third kappa shape index (κ3) is 3.00. The van der Waals surface area contributed by atoms with Crippen molar-refractivity contribution in [1.82, 2.24) is 0 Å². The lowest BCUT2D eigenvalue weighted by molar-refractivity contribution is 0.104. The maximum Gasteiger partial charge on any atom is 0.189 e. The minimum atomic E-state index is 0.0277. The predicted molar refractivity (Wildman–Crippen MR) is 91.2 cm³/mol. The molecule has 0 saturated heterocycles. The zero-order valence-electron chi connectivity index (χ0n) is 13.6. The van der Waals surface area contributed by atoms with Crippen LogP contribution in [0.5, 0.6) is 11.5 Å². The van der Waals surface area contributed by atoms with Crippen LogP contribution in [-0.4, -0.2) is 19.0 Å². The lowest BCUT2D eigenvalue weighted by Crippen LogP contribution is -2.08. The second-order valence-electron chi connectivity index (χ2n) is 5.88. The topological polar surface area (TPSA) is 35.5 Å². The van der Waals surface area contributed by atoms with Gasteiger partial charge in [-0.2, -0.15) is 0 Å². The normalized spacial score (nSPS) is 15.1. The Bertz CT molecular complexity index is 772. The van der Waals surface area contributed by atoms with Crippen molar-refractivity contribution < 1.29 is 14.3 Å². The lowest BCUT2D eigenvalue weighted by Gasteiger charge is -2.16. The zero-order valence-corrected chi connectivity index (χ0v) is 13.6. The van der Waals surface area contributed by atoms with Crippen molar-refractivity contribution >= 4 is 11.9 Å². The minimum Gasteiger partial charge on any atom is -0.493 e. The van der Waals surface area contributed by atoms with Crippen molar-refractivity contribution in [1.29, 1.82) is 0 Å². The van der Waals surface area contributed by atoms with Gasteiger partial charge in [0.2, 0.25) is 0 Å². The molecule has 118 valence electrons. The Morgan fingerprint density at radius 1 is 1.09 bits per heavy atom. The maximum absolute atomic E-state index is 12.5. The Balaban J connectivity index is 2.02. The number of ketones is 1. The summed E-state index contributed by atoms with van der Waals surface area (Å²) in [5.74, 6) is 1.45. The van der Waals surface area contributed by atoms with Gasteiger partial charge >= 0.3 is 0 Å². The molecule has 0 heterocycles. The Hall–Kier alpha value is -2.55. The molecule has 0 aliphatic heterocycles. The molecule has 0 aromatic heterocycles. The van der Waals surface area contributed by atoms with E-state index in [0.29, 0.717) is 17.9 Å². The van der Waals surface area contributed by atoms with Crippen molar-refractivity contribution in [2.75, 3.05) is 7.11 Å². The van der Waals surface area contributed by atoms with Gasteiger partial charge in [0.15, 0.2) is 17.3 Å². The highest BCUT2D eigenvalue weighted by molar-refractivity contribution is 6.15.